The van der Waals surface area contributed by atoms with Gasteiger partial charge in [0.15, 0.2) is 0 Å². The average Bonchev–Trinajstić information content (AvgIpc) is 2.89. The smallest absolute Gasteiger partial charge is 1.00 e. The van der Waals surface area contributed by atoms with Crippen LogP contribution in [0, 0.1) is 0 Å². The second-order valence-electron chi connectivity index (χ2n) is 6.86. The third-order valence-corrected chi connectivity index (χ3v) is 5.06. The van der Waals surface area contributed by atoms with Crippen LogP contribution in [0.4, 0.5) is 0 Å². The van der Waals surface area contributed by atoms with E-state index < -0.39 is 0 Å². The Balaban J connectivity index is -0.000000191. The Labute approximate surface area is 311 Å². The number of alkyl halides is 1. The zero-order chi connectivity index (χ0) is 24.6. The molecule has 35 heavy (non-hydrogen) atoms. The van der Waals surface area contributed by atoms with Crippen LogP contribution in [0.2, 0.25) is 5.02 Å². The van der Waals surface area contributed by atoms with E-state index in [-0.39, 0.29) is 111 Å². The van der Waals surface area contributed by atoms with Crippen LogP contribution in [-0.2, 0) is 22.8 Å². The minimum absolute atomic E-state index is 0. The first-order chi connectivity index (χ1) is 16.1. The van der Waals surface area contributed by atoms with Crippen molar-refractivity contribution in [1.82, 2.24) is 4.90 Å². The van der Waals surface area contributed by atoms with Crippen molar-refractivity contribution in [2.75, 3.05) is 25.5 Å². The summed E-state index contributed by atoms with van der Waals surface area (Å²) < 4.78 is 0. The van der Waals surface area contributed by atoms with Crippen molar-refractivity contribution >= 4 is 47.1 Å². The molecule has 1 aliphatic heterocycles. The van der Waals surface area contributed by atoms with Crippen molar-refractivity contribution in [2.45, 2.75) is 38.8 Å². The molecule has 0 aliphatic carbocycles. The van der Waals surface area contributed by atoms with Crippen molar-refractivity contribution in [3.8, 4) is 0 Å². The van der Waals surface area contributed by atoms with Crippen LogP contribution in [0.25, 0.3) is 0 Å². The van der Waals surface area contributed by atoms with Crippen molar-refractivity contribution < 1.29 is 119 Å². The number of rotatable bonds is 7. The molecule has 3 rings (SSSR count). The molecule has 0 amide bonds. The maximum atomic E-state index is 8.64. The van der Waals surface area contributed by atoms with Gasteiger partial charge in [0, 0.05) is 17.4 Å². The number of likely N-dealkylation sites (tertiary alicyclic amines) is 1. The van der Waals surface area contributed by atoms with Gasteiger partial charge in [-0.15, -0.1) is 11.6 Å². The monoisotopic (exact) mass is 591 g/mol. The van der Waals surface area contributed by atoms with Crippen LogP contribution >= 0.6 is 35.4 Å². The van der Waals surface area contributed by atoms with Gasteiger partial charge in [-0.2, -0.15) is 0 Å². The molecule has 1 saturated heterocycles. The molecule has 1 aliphatic rings. The number of aliphatic imine (C=N–C) groups is 1. The molecule has 1 fully saturated rings. The van der Waals surface area contributed by atoms with Crippen molar-refractivity contribution in [1.29, 1.82) is 0 Å². The second kappa shape index (κ2) is 31.7. The van der Waals surface area contributed by atoms with Gasteiger partial charge in [0.05, 0.1) is 11.7 Å². The van der Waals surface area contributed by atoms with E-state index in [0.717, 1.165) is 22.9 Å². The summed E-state index contributed by atoms with van der Waals surface area (Å²) in [6.07, 6.45) is 5.36. The fourth-order valence-corrected chi connectivity index (χ4v) is 3.10. The minimum atomic E-state index is -0.181. The number of carbonyl (C=O) groups excluding carboxylic acids is 1. The molecule has 11 heteroatoms. The van der Waals surface area contributed by atoms with Gasteiger partial charge in [0.25, 0.3) is 6.47 Å². The number of carbonyl (C=O) groups is 1. The van der Waals surface area contributed by atoms with Gasteiger partial charge in [-0.1, -0.05) is 60.5 Å². The Kier molecular flexibility index (Phi) is 37.0. The Morgan fingerprint density at radius 3 is 2.11 bits per heavy atom. The van der Waals surface area contributed by atoms with Crippen molar-refractivity contribution in [3.05, 3.63) is 70.7 Å². The molecule has 2 N–H and O–H groups in total. The van der Waals surface area contributed by atoms with E-state index in [1.54, 1.807) is 0 Å². The number of halogens is 2. The number of hydrogen-bond donors (Lipinski definition) is 1. The number of isothiocyanates is 1. The number of piperidine rings is 1. The summed E-state index contributed by atoms with van der Waals surface area (Å²) in [7, 11) is 0. The Morgan fingerprint density at radius 2 is 1.66 bits per heavy atom. The molecule has 0 spiro atoms. The SMILES string of the molecule is ClCCCN1CCCCC1.NCc1ccc(Cl)cc1.O=CO[O-].S=C=NCc1ccccc1.[H-].[K+].[K+]. The normalized spacial score (nSPS) is 11.5. The first-order valence-electron chi connectivity index (χ1n) is 10.6. The number of nitrogens with two attached hydrogens (primary N) is 1. The summed E-state index contributed by atoms with van der Waals surface area (Å²) in [6.45, 7) is 4.86. The summed E-state index contributed by atoms with van der Waals surface area (Å²) in [4.78, 5) is 17.6. The van der Waals surface area contributed by atoms with E-state index in [1.807, 2.05) is 54.6 Å². The predicted molar refractivity (Wildman–Crippen MR) is 138 cm³/mol. The summed E-state index contributed by atoms with van der Waals surface area (Å²) in [5.74, 6) is 0.816. The Hall–Kier alpha value is 1.44. The zero-order valence-corrected chi connectivity index (χ0v) is 29.3. The van der Waals surface area contributed by atoms with E-state index in [1.165, 1.54) is 44.5 Å². The molecule has 0 aromatic heterocycles. The van der Waals surface area contributed by atoms with Crippen LogP contribution in [0.3, 0.4) is 0 Å². The van der Waals surface area contributed by atoms with Gasteiger partial charge in [0.2, 0.25) is 0 Å². The number of nitrogens with zero attached hydrogens (tertiary/aromatic N) is 2. The molecule has 184 valence electrons. The molecule has 0 unspecified atom stereocenters. The maximum Gasteiger partial charge on any atom is 1.00 e. The van der Waals surface area contributed by atoms with Crippen LogP contribution in [0.5, 0.6) is 0 Å². The number of hydrogen-bond acceptors (Lipinski definition) is 7. The molecule has 0 saturated carbocycles. The van der Waals surface area contributed by atoms with Gasteiger partial charge in [0.1, 0.15) is 0 Å². The topological polar surface area (TPSA) is 91.0 Å². The van der Waals surface area contributed by atoms with Gasteiger partial charge >= 0.3 is 103 Å². The van der Waals surface area contributed by atoms with Gasteiger partial charge < -0.3 is 22.2 Å². The maximum absolute atomic E-state index is 8.64. The van der Waals surface area contributed by atoms with E-state index in [4.69, 9.17) is 39.0 Å². The molecule has 6 nitrogen and oxygen atoms in total. The van der Waals surface area contributed by atoms with Gasteiger partial charge in [-0.25, -0.2) is 4.99 Å². The van der Waals surface area contributed by atoms with Crippen LogP contribution in [0.15, 0.2) is 59.6 Å². The first kappa shape index (κ1) is 40.9. The summed E-state index contributed by atoms with van der Waals surface area (Å²) in [5, 5.41) is 11.5. The van der Waals surface area contributed by atoms with E-state index in [0.29, 0.717) is 13.1 Å². The van der Waals surface area contributed by atoms with E-state index in [9.17, 15) is 0 Å². The van der Waals surface area contributed by atoms with Crippen molar-refractivity contribution in [2.24, 2.45) is 10.7 Å². The molecule has 0 atom stereocenters. The molecular weight excluding hydrogens is 559 g/mol. The predicted octanol–water partition coefficient (Wildman–Crippen LogP) is -1.26. The van der Waals surface area contributed by atoms with Crippen LogP contribution in [-0.4, -0.2) is 42.0 Å². The number of benzene rings is 2. The van der Waals surface area contributed by atoms with Gasteiger partial charge in [-0.05, 0) is 74.4 Å². The van der Waals surface area contributed by atoms with Crippen LogP contribution < -0.4 is 114 Å². The fraction of sp³-hybridized carbons (Fsp3) is 0.417. The fourth-order valence-electron chi connectivity index (χ4n) is 2.79. The molecule has 2 aromatic rings. The van der Waals surface area contributed by atoms with Gasteiger partial charge in [-0.3, -0.25) is 4.79 Å². The summed E-state index contributed by atoms with van der Waals surface area (Å²) in [5.41, 5.74) is 7.63. The standard InChI is InChI=1S/C8H16ClN.C8H7NS.C7H8ClN.CH2O3.2K.H/c9-5-4-8-10-6-2-1-3-7-10;10-7-9-6-8-4-2-1-3-5-8;8-7-3-1-6(5-9)2-4-7;2-1-4-3;;;/h1-8H2;1-5H,6H2;1-4H,5,9H2;1,3H;;;/q;;;;2*+1;-1/p-1. The first-order valence-corrected chi connectivity index (χ1v) is 12.0. The minimum Gasteiger partial charge on any atom is -1.00 e. The van der Waals surface area contributed by atoms with E-state index >= 15 is 0 Å². The van der Waals surface area contributed by atoms with E-state index in [2.05, 4.69) is 32.2 Å². The molecule has 0 bridgehead atoms. The Bertz CT molecular complexity index is 773. The zero-order valence-electron chi connectivity index (χ0n) is 21.7. The summed E-state index contributed by atoms with van der Waals surface area (Å²) in [6, 6.07) is 17.5. The number of thiocarbonyl (C=S) groups is 1. The molecule has 0 radical (unpaired) electrons. The molecule has 1 heterocycles. The van der Waals surface area contributed by atoms with Crippen LogP contribution in [0.1, 0.15) is 38.2 Å². The molecular formula is C24H33Cl2K2N3O3S. The largest absolute Gasteiger partial charge is 1.00 e. The third-order valence-electron chi connectivity index (χ3n) is 4.41. The average molecular weight is 593 g/mol. The third kappa shape index (κ3) is 26.8. The molecule has 2 aromatic carbocycles. The second-order valence-corrected chi connectivity index (χ2v) is 7.86. The summed E-state index contributed by atoms with van der Waals surface area (Å²) >= 11 is 15.7. The van der Waals surface area contributed by atoms with Crippen molar-refractivity contribution in [3.63, 3.8) is 0 Å². The Morgan fingerprint density at radius 1 is 1.09 bits per heavy atom. The quantitative estimate of drug-likeness (QED) is 0.0822.